The van der Waals surface area contributed by atoms with Gasteiger partial charge in [-0.2, -0.15) is 0 Å². The number of thioether (sulfide) groups is 1. The highest BCUT2D eigenvalue weighted by molar-refractivity contribution is 7.98. The molecule has 1 aliphatic rings. The molecule has 0 fully saturated rings. The van der Waals surface area contributed by atoms with Crippen molar-refractivity contribution >= 4 is 35.0 Å². The molecule has 2 heterocycles. The van der Waals surface area contributed by atoms with Crippen molar-refractivity contribution in [3.63, 3.8) is 0 Å². The zero-order valence-corrected chi connectivity index (χ0v) is 17.8. The van der Waals surface area contributed by atoms with Crippen molar-refractivity contribution in [1.29, 1.82) is 0 Å². The van der Waals surface area contributed by atoms with Crippen molar-refractivity contribution < 1.29 is 14.3 Å². The minimum atomic E-state index is -0.115. The van der Waals surface area contributed by atoms with Gasteiger partial charge in [0.2, 0.25) is 5.91 Å². The number of pyridine rings is 1. The molecule has 4 rings (SSSR count). The van der Waals surface area contributed by atoms with Gasteiger partial charge in [0.1, 0.15) is 0 Å². The Morgan fingerprint density at radius 1 is 1.10 bits per heavy atom. The molecule has 0 saturated carbocycles. The molecular weight excluding hydrogens is 420 g/mol. The molecular formula is C23H21ClN2O3S. The molecule has 30 heavy (non-hydrogen) atoms. The lowest BCUT2D eigenvalue weighted by Gasteiger charge is -2.12. The normalized spacial score (nSPS) is 12.8. The number of amides is 1. The minimum Gasteiger partial charge on any atom is -0.489 e. The van der Waals surface area contributed by atoms with Crippen LogP contribution in [0, 0.1) is 0 Å². The summed E-state index contributed by atoms with van der Waals surface area (Å²) in [5.74, 6) is 1.89. The molecule has 3 aromatic rings. The summed E-state index contributed by atoms with van der Waals surface area (Å²) in [6.45, 7) is 1.15. The van der Waals surface area contributed by atoms with E-state index in [2.05, 4.69) is 16.4 Å². The van der Waals surface area contributed by atoms with Crippen molar-refractivity contribution in [2.45, 2.75) is 23.5 Å². The number of anilines is 1. The first-order chi connectivity index (χ1) is 14.7. The Morgan fingerprint density at radius 2 is 1.93 bits per heavy atom. The van der Waals surface area contributed by atoms with Crippen LogP contribution in [-0.2, 0) is 17.0 Å². The van der Waals surface area contributed by atoms with E-state index < -0.39 is 0 Å². The molecule has 0 radical (unpaired) electrons. The first-order valence-corrected chi connectivity index (χ1v) is 11.0. The molecule has 0 atom stereocenters. The lowest BCUT2D eigenvalue weighted by atomic mass is 10.1. The molecule has 0 unspecified atom stereocenters. The van der Waals surface area contributed by atoms with E-state index >= 15 is 0 Å². The summed E-state index contributed by atoms with van der Waals surface area (Å²) in [5.41, 5.74) is 2.71. The van der Waals surface area contributed by atoms with Gasteiger partial charge in [-0.15, -0.1) is 11.8 Å². The Hall–Kier alpha value is -2.70. The van der Waals surface area contributed by atoms with Crippen LogP contribution in [0.5, 0.6) is 11.5 Å². The molecule has 0 saturated heterocycles. The lowest BCUT2D eigenvalue weighted by molar-refractivity contribution is -0.115. The second kappa shape index (κ2) is 9.87. The number of carbonyl (C=O) groups is 1. The Labute approximate surface area is 184 Å². The van der Waals surface area contributed by atoms with Crippen LogP contribution in [0.15, 0.2) is 65.8 Å². The molecule has 5 nitrogen and oxygen atoms in total. The number of hydrogen-bond acceptors (Lipinski definition) is 5. The van der Waals surface area contributed by atoms with Crippen LogP contribution in [-0.4, -0.2) is 24.1 Å². The largest absolute Gasteiger partial charge is 0.489 e. The zero-order valence-electron chi connectivity index (χ0n) is 16.3. The van der Waals surface area contributed by atoms with Crippen LogP contribution in [0.2, 0.25) is 5.02 Å². The van der Waals surface area contributed by atoms with Gasteiger partial charge in [-0.1, -0.05) is 17.7 Å². The Bertz CT molecular complexity index is 1010. The van der Waals surface area contributed by atoms with E-state index in [1.165, 1.54) is 5.56 Å². The summed E-state index contributed by atoms with van der Waals surface area (Å²) in [6.07, 6.45) is 4.64. The number of nitrogens with one attached hydrogen (secondary N) is 1. The maximum absolute atomic E-state index is 12.5. The third kappa shape index (κ3) is 5.46. The standard InChI is InChI=1S/C23H21ClN2O3S/c24-20-11-17(12-21-23(20)29-10-2-9-28-21)13-22(27)26-18-4-6-19(7-5-18)30-15-16-3-1-8-25-14-16/h1,3-8,11-12,14H,2,9-10,13,15H2,(H,26,27). The van der Waals surface area contributed by atoms with E-state index in [4.69, 9.17) is 21.1 Å². The molecule has 1 aliphatic heterocycles. The monoisotopic (exact) mass is 440 g/mol. The highest BCUT2D eigenvalue weighted by Gasteiger charge is 2.17. The number of carbonyl (C=O) groups excluding carboxylic acids is 1. The van der Waals surface area contributed by atoms with Crippen molar-refractivity contribution in [1.82, 2.24) is 4.98 Å². The summed E-state index contributed by atoms with van der Waals surface area (Å²) >= 11 is 8.04. The molecule has 154 valence electrons. The van der Waals surface area contributed by atoms with Crippen molar-refractivity contribution in [3.8, 4) is 11.5 Å². The zero-order chi connectivity index (χ0) is 20.8. The summed E-state index contributed by atoms with van der Waals surface area (Å²) in [4.78, 5) is 17.7. The summed E-state index contributed by atoms with van der Waals surface area (Å²) < 4.78 is 11.3. The summed E-state index contributed by atoms with van der Waals surface area (Å²) in [7, 11) is 0. The average Bonchev–Trinajstić information content (AvgIpc) is 3.00. The van der Waals surface area contributed by atoms with Gasteiger partial charge in [0.05, 0.1) is 24.7 Å². The fraction of sp³-hybridized carbons (Fsp3) is 0.217. The third-order valence-corrected chi connectivity index (χ3v) is 5.86. The topological polar surface area (TPSA) is 60.5 Å². The van der Waals surface area contributed by atoms with Gasteiger partial charge in [0.15, 0.2) is 11.5 Å². The van der Waals surface area contributed by atoms with E-state index in [-0.39, 0.29) is 12.3 Å². The van der Waals surface area contributed by atoms with Gasteiger partial charge >= 0.3 is 0 Å². The molecule has 2 aromatic carbocycles. The number of fused-ring (bicyclic) bond motifs is 1. The van der Waals surface area contributed by atoms with Gasteiger partial charge in [0.25, 0.3) is 0 Å². The first kappa shape index (κ1) is 20.6. The lowest BCUT2D eigenvalue weighted by Crippen LogP contribution is -2.14. The van der Waals surface area contributed by atoms with Crippen molar-refractivity contribution in [3.05, 3.63) is 77.1 Å². The number of ether oxygens (including phenoxy) is 2. The molecule has 1 amide bonds. The van der Waals surface area contributed by atoms with E-state index in [9.17, 15) is 4.79 Å². The third-order valence-electron chi connectivity index (χ3n) is 4.49. The number of rotatable bonds is 6. The second-order valence-corrected chi connectivity index (χ2v) is 8.31. The maximum atomic E-state index is 12.5. The fourth-order valence-corrected chi connectivity index (χ4v) is 4.18. The summed E-state index contributed by atoms with van der Waals surface area (Å²) in [6, 6.07) is 15.4. The predicted molar refractivity (Wildman–Crippen MR) is 120 cm³/mol. The predicted octanol–water partition coefficient (Wildman–Crippen LogP) is 5.37. The molecule has 1 aromatic heterocycles. The highest BCUT2D eigenvalue weighted by Crippen LogP contribution is 2.38. The van der Waals surface area contributed by atoms with Gasteiger partial charge in [-0.3, -0.25) is 9.78 Å². The quantitative estimate of drug-likeness (QED) is 0.522. The Kier molecular flexibility index (Phi) is 6.77. The van der Waals surface area contributed by atoms with Gasteiger partial charge in [0, 0.05) is 35.2 Å². The van der Waals surface area contributed by atoms with E-state index in [1.54, 1.807) is 24.0 Å². The maximum Gasteiger partial charge on any atom is 0.228 e. The highest BCUT2D eigenvalue weighted by atomic mass is 35.5. The number of nitrogens with zero attached hydrogens (tertiary/aromatic N) is 1. The van der Waals surface area contributed by atoms with Crippen molar-refractivity contribution in [2.75, 3.05) is 18.5 Å². The van der Waals surface area contributed by atoms with Gasteiger partial charge in [-0.25, -0.2) is 0 Å². The molecule has 0 aliphatic carbocycles. The average molecular weight is 441 g/mol. The van der Waals surface area contributed by atoms with Gasteiger partial charge < -0.3 is 14.8 Å². The SMILES string of the molecule is O=C(Cc1cc(Cl)c2c(c1)OCCCO2)Nc1ccc(SCc2cccnc2)cc1. The molecule has 0 bridgehead atoms. The van der Waals surface area contributed by atoms with Crippen LogP contribution in [0.3, 0.4) is 0 Å². The first-order valence-electron chi connectivity index (χ1n) is 9.67. The van der Waals surface area contributed by atoms with Crippen LogP contribution in [0.25, 0.3) is 0 Å². The number of halogens is 1. The second-order valence-electron chi connectivity index (χ2n) is 6.85. The fourth-order valence-electron chi connectivity index (χ4n) is 3.06. The van der Waals surface area contributed by atoms with E-state index in [0.29, 0.717) is 29.7 Å². The molecule has 1 N–H and O–H groups in total. The van der Waals surface area contributed by atoms with E-state index in [1.807, 2.05) is 42.6 Å². The Morgan fingerprint density at radius 3 is 2.73 bits per heavy atom. The number of hydrogen-bond donors (Lipinski definition) is 1. The van der Waals surface area contributed by atoms with Crippen LogP contribution in [0.1, 0.15) is 17.5 Å². The van der Waals surface area contributed by atoms with Crippen molar-refractivity contribution in [2.24, 2.45) is 0 Å². The molecule has 0 spiro atoms. The Balaban J connectivity index is 1.34. The smallest absolute Gasteiger partial charge is 0.228 e. The summed E-state index contributed by atoms with van der Waals surface area (Å²) in [5, 5.41) is 3.39. The van der Waals surface area contributed by atoms with Crippen LogP contribution in [0.4, 0.5) is 5.69 Å². The molecule has 7 heteroatoms. The number of aromatic nitrogens is 1. The van der Waals surface area contributed by atoms with E-state index in [0.717, 1.165) is 28.3 Å². The minimum absolute atomic E-state index is 0.115. The van der Waals surface area contributed by atoms with Crippen LogP contribution >= 0.6 is 23.4 Å². The number of benzene rings is 2. The van der Waals surface area contributed by atoms with Gasteiger partial charge in [-0.05, 0) is 53.6 Å². The van der Waals surface area contributed by atoms with Crippen LogP contribution < -0.4 is 14.8 Å².